The predicted molar refractivity (Wildman–Crippen MR) is 112 cm³/mol. The first-order valence-electron chi connectivity index (χ1n) is 10.0. The van der Waals surface area contributed by atoms with Gasteiger partial charge in [0, 0.05) is 25.2 Å². The van der Waals surface area contributed by atoms with Crippen molar-refractivity contribution in [3.63, 3.8) is 0 Å². The number of hydrogen-bond donors (Lipinski definition) is 0. The average molecular weight is 403 g/mol. The fraction of sp³-hybridized carbons (Fsp3) is 0.273. The molecule has 5 rings (SSSR count). The third-order valence-corrected chi connectivity index (χ3v) is 5.29. The van der Waals surface area contributed by atoms with Gasteiger partial charge in [-0.1, -0.05) is 18.2 Å². The smallest absolute Gasteiger partial charge is 0.228 e. The molecular weight excluding hydrogens is 381 g/mol. The molecule has 7 nitrogen and oxygen atoms in total. The van der Waals surface area contributed by atoms with Crippen LogP contribution in [-0.2, 0) is 13.0 Å². The number of hydrogen-bond acceptors (Lipinski definition) is 5. The van der Waals surface area contributed by atoms with Crippen LogP contribution in [-0.4, -0.2) is 36.1 Å². The first-order chi connectivity index (χ1) is 14.6. The molecule has 0 saturated heterocycles. The molecule has 4 aromatic rings. The van der Waals surface area contributed by atoms with Crippen LogP contribution in [0.4, 0.5) is 16.0 Å². The van der Waals surface area contributed by atoms with Gasteiger partial charge in [0.2, 0.25) is 5.95 Å². The van der Waals surface area contributed by atoms with E-state index in [9.17, 15) is 4.39 Å². The number of halogens is 1. The third kappa shape index (κ3) is 3.45. The van der Waals surface area contributed by atoms with Crippen LogP contribution in [0.1, 0.15) is 29.2 Å². The zero-order chi connectivity index (χ0) is 20.7. The van der Waals surface area contributed by atoms with Crippen LogP contribution in [0.3, 0.4) is 0 Å². The molecule has 0 amide bonds. The Morgan fingerprint density at radius 1 is 1.03 bits per heavy atom. The molecule has 0 aliphatic carbocycles. The lowest BCUT2D eigenvalue weighted by Crippen LogP contribution is -2.28. The van der Waals surface area contributed by atoms with Crippen molar-refractivity contribution >= 4 is 11.6 Å². The van der Waals surface area contributed by atoms with Gasteiger partial charge >= 0.3 is 0 Å². The van der Waals surface area contributed by atoms with Gasteiger partial charge in [-0.2, -0.15) is 15.2 Å². The first-order valence-corrected chi connectivity index (χ1v) is 10.0. The molecule has 3 heterocycles. The Morgan fingerprint density at radius 3 is 2.70 bits per heavy atom. The maximum atomic E-state index is 13.7. The van der Waals surface area contributed by atoms with E-state index in [1.807, 2.05) is 28.6 Å². The fourth-order valence-corrected chi connectivity index (χ4v) is 3.90. The highest BCUT2D eigenvalue weighted by Crippen LogP contribution is 2.28. The lowest BCUT2D eigenvalue weighted by atomic mass is 10.1. The van der Waals surface area contributed by atoms with Crippen molar-refractivity contribution in [2.45, 2.75) is 33.2 Å². The summed E-state index contributed by atoms with van der Waals surface area (Å²) in [5.41, 5.74) is 4.06. The van der Waals surface area contributed by atoms with Gasteiger partial charge < -0.3 is 4.90 Å². The summed E-state index contributed by atoms with van der Waals surface area (Å²) in [7, 11) is 0. The van der Waals surface area contributed by atoms with Crippen molar-refractivity contribution in [2.75, 3.05) is 11.4 Å². The molecule has 2 aromatic carbocycles. The molecule has 1 aliphatic heterocycles. The maximum Gasteiger partial charge on any atom is 0.228 e. The molecule has 0 atom stereocenters. The van der Waals surface area contributed by atoms with Crippen molar-refractivity contribution in [3.05, 3.63) is 77.4 Å². The summed E-state index contributed by atoms with van der Waals surface area (Å²) in [5.74, 6) is 2.03. The molecule has 0 bridgehead atoms. The van der Waals surface area contributed by atoms with Crippen LogP contribution in [0.5, 0.6) is 0 Å². The number of anilines is 2. The van der Waals surface area contributed by atoms with Crippen LogP contribution in [0.25, 0.3) is 5.69 Å². The summed E-state index contributed by atoms with van der Waals surface area (Å²) in [6.07, 6.45) is 3.30. The first kappa shape index (κ1) is 18.5. The fourth-order valence-electron chi connectivity index (χ4n) is 3.90. The second-order valence-corrected chi connectivity index (χ2v) is 7.57. The quantitative estimate of drug-likeness (QED) is 0.519. The second-order valence-electron chi connectivity index (χ2n) is 7.57. The van der Waals surface area contributed by atoms with Crippen molar-refractivity contribution in [1.82, 2.24) is 29.5 Å². The van der Waals surface area contributed by atoms with E-state index >= 15 is 0 Å². The van der Waals surface area contributed by atoms with E-state index in [2.05, 4.69) is 29.1 Å². The van der Waals surface area contributed by atoms with Crippen LogP contribution in [0.15, 0.2) is 48.8 Å². The zero-order valence-corrected chi connectivity index (χ0v) is 17.0. The molecule has 1 aliphatic rings. The Bertz CT molecular complexity index is 1210. The lowest BCUT2D eigenvalue weighted by Gasteiger charge is -2.27. The number of fused-ring (bicyclic) bond motifs is 1. The number of benzene rings is 2. The minimum Gasteiger partial charge on any atom is -0.311 e. The Morgan fingerprint density at radius 2 is 1.93 bits per heavy atom. The van der Waals surface area contributed by atoms with Gasteiger partial charge in [0.15, 0.2) is 5.82 Å². The van der Waals surface area contributed by atoms with Crippen molar-refractivity contribution < 1.29 is 4.39 Å². The zero-order valence-electron chi connectivity index (χ0n) is 17.0. The minimum atomic E-state index is -0.248. The van der Waals surface area contributed by atoms with E-state index in [0.29, 0.717) is 6.42 Å². The summed E-state index contributed by atoms with van der Waals surface area (Å²) < 4.78 is 17.4. The summed E-state index contributed by atoms with van der Waals surface area (Å²) in [6.45, 7) is 5.55. The van der Waals surface area contributed by atoms with Gasteiger partial charge in [0.25, 0.3) is 0 Å². The SMILES string of the molecule is Cc1ncn(-c2ccc(Cc3nc4n(n3)CCCN4c3cccc(F)c3)cc2C)n1. The molecule has 0 N–H and O–H groups in total. The molecule has 0 spiro atoms. The Balaban J connectivity index is 1.41. The molecule has 0 saturated carbocycles. The Labute approximate surface area is 173 Å². The number of aryl methyl sites for hydroxylation is 3. The van der Waals surface area contributed by atoms with Crippen molar-refractivity contribution in [1.29, 1.82) is 0 Å². The molecule has 0 fully saturated rings. The largest absolute Gasteiger partial charge is 0.311 e. The van der Waals surface area contributed by atoms with Gasteiger partial charge in [-0.3, -0.25) is 0 Å². The van der Waals surface area contributed by atoms with Crippen LogP contribution in [0, 0.1) is 19.7 Å². The number of aromatic nitrogens is 6. The predicted octanol–water partition coefficient (Wildman–Crippen LogP) is 3.75. The van der Waals surface area contributed by atoms with Gasteiger partial charge in [-0.15, -0.1) is 0 Å². The monoisotopic (exact) mass is 403 g/mol. The van der Waals surface area contributed by atoms with Gasteiger partial charge in [-0.05, 0) is 55.7 Å². The third-order valence-electron chi connectivity index (χ3n) is 5.29. The lowest BCUT2D eigenvalue weighted by molar-refractivity contribution is 0.535. The molecule has 152 valence electrons. The maximum absolute atomic E-state index is 13.7. The van der Waals surface area contributed by atoms with E-state index in [4.69, 9.17) is 10.1 Å². The van der Waals surface area contributed by atoms with Crippen molar-refractivity contribution in [3.8, 4) is 5.69 Å². The van der Waals surface area contributed by atoms with Crippen LogP contribution in [0.2, 0.25) is 0 Å². The standard InChI is InChI=1S/C22H22FN7/c1-15-11-17(7-8-20(15)30-14-24-16(2)26-30)12-21-25-22-28(9-4-10-29(22)27-21)19-6-3-5-18(23)13-19/h3,5-8,11,13-14H,4,9-10,12H2,1-2H3. The van der Waals surface area contributed by atoms with E-state index in [1.54, 1.807) is 17.1 Å². The molecule has 30 heavy (non-hydrogen) atoms. The highest BCUT2D eigenvalue weighted by Gasteiger charge is 2.23. The Kier molecular flexibility index (Phi) is 4.54. The summed E-state index contributed by atoms with van der Waals surface area (Å²) in [5, 5.41) is 9.09. The van der Waals surface area contributed by atoms with Gasteiger partial charge in [-0.25, -0.2) is 18.7 Å². The van der Waals surface area contributed by atoms with Gasteiger partial charge in [0.05, 0.1) is 5.69 Å². The molecular formula is C22H22FN7. The number of rotatable bonds is 4. The molecule has 0 unspecified atom stereocenters. The topological polar surface area (TPSA) is 64.7 Å². The molecule has 8 heteroatoms. The van der Waals surface area contributed by atoms with E-state index in [1.165, 1.54) is 12.1 Å². The highest BCUT2D eigenvalue weighted by molar-refractivity contribution is 5.58. The average Bonchev–Trinajstić information content (AvgIpc) is 3.33. The second kappa shape index (κ2) is 7.37. The minimum absolute atomic E-state index is 0.248. The Hall–Kier alpha value is -3.55. The van der Waals surface area contributed by atoms with Gasteiger partial charge in [0.1, 0.15) is 18.0 Å². The summed E-state index contributed by atoms with van der Waals surface area (Å²) in [6, 6.07) is 12.9. The molecule has 2 aromatic heterocycles. The highest BCUT2D eigenvalue weighted by atomic mass is 19.1. The van der Waals surface area contributed by atoms with E-state index in [-0.39, 0.29) is 5.82 Å². The van der Waals surface area contributed by atoms with E-state index < -0.39 is 0 Å². The van der Waals surface area contributed by atoms with Crippen LogP contribution < -0.4 is 4.90 Å². The van der Waals surface area contributed by atoms with E-state index in [0.717, 1.165) is 59.6 Å². The van der Waals surface area contributed by atoms with Crippen molar-refractivity contribution in [2.24, 2.45) is 0 Å². The number of nitrogens with zero attached hydrogens (tertiary/aromatic N) is 7. The van der Waals surface area contributed by atoms with Crippen LogP contribution >= 0.6 is 0 Å². The summed E-state index contributed by atoms with van der Waals surface area (Å²) in [4.78, 5) is 11.0. The normalized spacial score (nSPS) is 13.5. The summed E-state index contributed by atoms with van der Waals surface area (Å²) >= 11 is 0. The molecule has 0 radical (unpaired) electrons.